The van der Waals surface area contributed by atoms with Crippen LogP contribution in [0.5, 0.6) is 0 Å². The Bertz CT molecular complexity index is 316. The van der Waals surface area contributed by atoms with Gasteiger partial charge in [-0.15, -0.1) is 0 Å². The number of nitrogens with two attached hydrogens (primary N) is 1. The summed E-state index contributed by atoms with van der Waals surface area (Å²) in [4.78, 5) is 0. The zero-order valence-corrected chi connectivity index (χ0v) is 7.95. The van der Waals surface area contributed by atoms with Crippen LogP contribution in [0.1, 0.15) is 17.9 Å². The minimum Gasteiger partial charge on any atom is -0.376 e. The topological polar surface area (TPSA) is 35.2 Å². The molecule has 2 unspecified atom stereocenters. The lowest BCUT2D eigenvalue weighted by atomic mass is 9.96. The summed E-state index contributed by atoms with van der Waals surface area (Å²) in [6.07, 6.45) is 0.928. The Hall–Kier alpha value is -0.930. The molecule has 1 aliphatic rings. The van der Waals surface area contributed by atoms with Gasteiger partial charge in [-0.25, -0.2) is 4.39 Å². The normalized spacial score (nSPS) is 26.7. The molecule has 3 heteroatoms. The minimum absolute atomic E-state index is 0.0969. The zero-order valence-electron chi connectivity index (χ0n) is 7.95. The second kappa shape index (κ2) is 4.07. The van der Waals surface area contributed by atoms with E-state index in [1.165, 1.54) is 6.07 Å². The number of rotatable bonds is 2. The summed E-state index contributed by atoms with van der Waals surface area (Å²) in [5, 5.41) is 0. The highest BCUT2D eigenvalue weighted by Crippen LogP contribution is 2.30. The molecule has 1 heterocycles. The highest BCUT2D eigenvalue weighted by Gasteiger charge is 2.27. The van der Waals surface area contributed by atoms with Crippen LogP contribution in [-0.4, -0.2) is 19.3 Å². The van der Waals surface area contributed by atoms with Gasteiger partial charge >= 0.3 is 0 Å². The summed E-state index contributed by atoms with van der Waals surface area (Å²) in [7, 11) is 0. The molecule has 0 aliphatic carbocycles. The standard InChI is InChI=1S/C11H14FNO/c12-11-4-2-1-3-10(11)8-5-9(6-13)14-7-8/h1-4,8-9H,5-7,13H2. The van der Waals surface area contributed by atoms with Gasteiger partial charge in [0.2, 0.25) is 0 Å². The van der Waals surface area contributed by atoms with Crippen LogP contribution in [0.2, 0.25) is 0 Å². The van der Waals surface area contributed by atoms with Crippen molar-refractivity contribution in [2.45, 2.75) is 18.4 Å². The maximum absolute atomic E-state index is 13.4. The van der Waals surface area contributed by atoms with Crippen molar-refractivity contribution in [2.24, 2.45) is 5.73 Å². The Kier molecular flexibility index (Phi) is 2.79. The van der Waals surface area contributed by atoms with E-state index < -0.39 is 0 Å². The first-order chi connectivity index (χ1) is 6.81. The molecule has 1 fully saturated rings. The molecule has 2 nitrogen and oxygen atoms in total. The highest BCUT2D eigenvalue weighted by molar-refractivity contribution is 5.22. The van der Waals surface area contributed by atoms with Crippen molar-refractivity contribution in [3.8, 4) is 0 Å². The van der Waals surface area contributed by atoms with Crippen LogP contribution >= 0.6 is 0 Å². The van der Waals surface area contributed by atoms with Crippen LogP contribution in [-0.2, 0) is 4.74 Å². The molecule has 0 bridgehead atoms. The van der Waals surface area contributed by atoms with E-state index in [1.54, 1.807) is 6.07 Å². The van der Waals surface area contributed by atoms with Crippen LogP contribution in [0.25, 0.3) is 0 Å². The average Bonchev–Trinajstić information content (AvgIpc) is 2.67. The first-order valence-corrected chi connectivity index (χ1v) is 4.87. The molecule has 2 atom stereocenters. The fraction of sp³-hybridized carbons (Fsp3) is 0.455. The number of ether oxygens (including phenoxy) is 1. The van der Waals surface area contributed by atoms with Gasteiger partial charge in [-0.1, -0.05) is 18.2 Å². The van der Waals surface area contributed by atoms with Gasteiger partial charge in [0.05, 0.1) is 12.7 Å². The largest absolute Gasteiger partial charge is 0.376 e. The monoisotopic (exact) mass is 195 g/mol. The SMILES string of the molecule is NCC1CC(c2ccccc2F)CO1. The van der Waals surface area contributed by atoms with E-state index in [9.17, 15) is 4.39 Å². The molecular weight excluding hydrogens is 181 g/mol. The quantitative estimate of drug-likeness (QED) is 0.778. The van der Waals surface area contributed by atoms with Gasteiger partial charge in [-0.3, -0.25) is 0 Å². The van der Waals surface area contributed by atoms with E-state index in [0.717, 1.165) is 12.0 Å². The van der Waals surface area contributed by atoms with Gasteiger partial charge in [0.15, 0.2) is 0 Å². The van der Waals surface area contributed by atoms with Gasteiger partial charge < -0.3 is 10.5 Å². The summed E-state index contributed by atoms with van der Waals surface area (Å²) in [6, 6.07) is 6.87. The molecule has 1 aliphatic heterocycles. The van der Waals surface area contributed by atoms with E-state index in [4.69, 9.17) is 10.5 Å². The van der Waals surface area contributed by atoms with Gasteiger partial charge in [-0.2, -0.15) is 0 Å². The Balaban J connectivity index is 2.13. The predicted molar refractivity (Wildman–Crippen MR) is 52.6 cm³/mol. The fourth-order valence-electron chi connectivity index (χ4n) is 1.89. The van der Waals surface area contributed by atoms with E-state index in [0.29, 0.717) is 13.2 Å². The summed E-state index contributed by atoms with van der Waals surface area (Å²) in [5.41, 5.74) is 6.25. The zero-order chi connectivity index (χ0) is 9.97. The van der Waals surface area contributed by atoms with Crippen LogP contribution in [0.3, 0.4) is 0 Å². The van der Waals surface area contributed by atoms with E-state index in [2.05, 4.69) is 0 Å². The van der Waals surface area contributed by atoms with Gasteiger partial charge in [0.25, 0.3) is 0 Å². The Morgan fingerprint density at radius 3 is 2.86 bits per heavy atom. The van der Waals surface area contributed by atoms with Crippen molar-refractivity contribution in [3.63, 3.8) is 0 Å². The van der Waals surface area contributed by atoms with Crippen molar-refractivity contribution in [1.82, 2.24) is 0 Å². The lowest BCUT2D eigenvalue weighted by Gasteiger charge is -2.08. The highest BCUT2D eigenvalue weighted by atomic mass is 19.1. The lowest BCUT2D eigenvalue weighted by Crippen LogP contribution is -2.18. The third-order valence-corrected chi connectivity index (χ3v) is 2.69. The molecule has 1 saturated heterocycles. The lowest BCUT2D eigenvalue weighted by molar-refractivity contribution is 0.115. The fourth-order valence-corrected chi connectivity index (χ4v) is 1.89. The van der Waals surface area contributed by atoms with Crippen LogP contribution in [0.15, 0.2) is 24.3 Å². The third kappa shape index (κ3) is 1.79. The van der Waals surface area contributed by atoms with E-state index >= 15 is 0 Å². The van der Waals surface area contributed by atoms with Crippen LogP contribution < -0.4 is 5.73 Å². The van der Waals surface area contributed by atoms with Gasteiger partial charge in [-0.05, 0) is 18.1 Å². The molecule has 1 aromatic rings. The van der Waals surface area contributed by atoms with Crippen LogP contribution in [0.4, 0.5) is 4.39 Å². The molecule has 0 spiro atoms. The number of hydrogen-bond acceptors (Lipinski definition) is 2. The first-order valence-electron chi connectivity index (χ1n) is 4.87. The Labute approximate surface area is 82.9 Å². The Morgan fingerprint density at radius 1 is 1.43 bits per heavy atom. The molecule has 0 radical (unpaired) electrons. The summed E-state index contributed by atoms with van der Waals surface area (Å²) in [5.74, 6) is 0.0310. The van der Waals surface area contributed by atoms with Crippen molar-refractivity contribution in [2.75, 3.05) is 13.2 Å². The minimum atomic E-state index is -0.140. The Morgan fingerprint density at radius 2 is 2.21 bits per heavy atom. The summed E-state index contributed by atoms with van der Waals surface area (Å²) in [6.45, 7) is 1.10. The molecule has 2 N–H and O–H groups in total. The van der Waals surface area contributed by atoms with Gasteiger partial charge in [0.1, 0.15) is 5.82 Å². The van der Waals surface area contributed by atoms with Crippen molar-refractivity contribution < 1.29 is 9.13 Å². The summed E-state index contributed by atoms with van der Waals surface area (Å²) < 4.78 is 18.8. The molecule has 0 aromatic heterocycles. The summed E-state index contributed by atoms with van der Waals surface area (Å²) >= 11 is 0. The second-order valence-corrected chi connectivity index (χ2v) is 3.65. The smallest absolute Gasteiger partial charge is 0.126 e. The van der Waals surface area contributed by atoms with Crippen molar-refractivity contribution in [3.05, 3.63) is 35.6 Å². The van der Waals surface area contributed by atoms with Crippen molar-refractivity contribution in [1.29, 1.82) is 0 Å². The molecule has 0 saturated carbocycles. The van der Waals surface area contributed by atoms with Crippen molar-refractivity contribution >= 4 is 0 Å². The van der Waals surface area contributed by atoms with E-state index in [1.807, 2.05) is 12.1 Å². The average molecular weight is 195 g/mol. The predicted octanol–water partition coefficient (Wildman–Crippen LogP) is 1.66. The maximum Gasteiger partial charge on any atom is 0.126 e. The molecular formula is C11H14FNO. The van der Waals surface area contributed by atoms with Crippen LogP contribution in [0, 0.1) is 5.82 Å². The third-order valence-electron chi connectivity index (χ3n) is 2.69. The number of hydrogen-bond donors (Lipinski definition) is 1. The van der Waals surface area contributed by atoms with E-state index in [-0.39, 0.29) is 17.8 Å². The molecule has 2 rings (SSSR count). The van der Waals surface area contributed by atoms with Gasteiger partial charge in [0, 0.05) is 12.5 Å². The first kappa shape index (κ1) is 9.62. The maximum atomic E-state index is 13.4. The molecule has 1 aromatic carbocycles. The number of halogens is 1. The molecule has 14 heavy (non-hydrogen) atoms. The molecule has 76 valence electrons. The molecule has 0 amide bonds. The second-order valence-electron chi connectivity index (χ2n) is 3.65. The number of benzene rings is 1.